The van der Waals surface area contributed by atoms with Crippen molar-refractivity contribution in [1.29, 1.82) is 0 Å². The van der Waals surface area contributed by atoms with Gasteiger partial charge < -0.3 is 15.4 Å². The summed E-state index contributed by atoms with van der Waals surface area (Å²) in [6, 6.07) is 20.2. The highest BCUT2D eigenvalue weighted by Gasteiger charge is 2.26. The Labute approximate surface area is 186 Å². The number of hydrogen-bond donors (Lipinski definition) is 2. The van der Waals surface area contributed by atoms with Gasteiger partial charge in [-0.1, -0.05) is 41.9 Å². The number of ether oxygens (including phenoxy) is 1. The lowest BCUT2D eigenvalue weighted by Crippen LogP contribution is -2.37. The fraction of sp³-hybridized carbons (Fsp3) is 0.200. The molecule has 1 aliphatic heterocycles. The Balaban J connectivity index is 1.40. The van der Waals surface area contributed by atoms with Crippen LogP contribution in [0, 0.1) is 12.8 Å². The number of fused-ring (bicyclic) bond motifs is 1. The van der Waals surface area contributed by atoms with E-state index in [1.54, 1.807) is 30.3 Å². The van der Waals surface area contributed by atoms with Gasteiger partial charge in [0, 0.05) is 22.8 Å². The molecule has 2 amide bonds. The maximum absolute atomic E-state index is 12.7. The predicted octanol–water partition coefficient (Wildman–Crippen LogP) is 4.77. The molecular weight excluding hydrogens is 412 g/mol. The number of carbonyl (C=O) groups excluding carboxylic acids is 2. The molecule has 1 heterocycles. The Bertz CT molecular complexity index is 1130. The maximum atomic E-state index is 12.7. The lowest BCUT2D eigenvalue weighted by molar-refractivity contribution is -0.126. The summed E-state index contributed by atoms with van der Waals surface area (Å²) in [5.74, 6) is 0.174. The van der Waals surface area contributed by atoms with Crippen molar-refractivity contribution in [2.24, 2.45) is 5.92 Å². The summed E-state index contributed by atoms with van der Waals surface area (Å²) in [6.07, 6.45) is 0.551. The quantitative estimate of drug-likeness (QED) is 0.608. The number of rotatable bonds is 5. The molecule has 6 heteroatoms. The summed E-state index contributed by atoms with van der Waals surface area (Å²) < 4.78 is 5.80. The van der Waals surface area contributed by atoms with Crippen molar-refractivity contribution < 1.29 is 14.3 Å². The first-order chi connectivity index (χ1) is 15.0. The molecule has 0 saturated heterocycles. The third-order valence-corrected chi connectivity index (χ3v) is 5.63. The average molecular weight is 435 g/mol. The highest BCUT2D eigenvalue weighted by molar-refractivity contribution is 6.31. The molecule has 0 aromatic heterocycles. The second-order valence-corrected chi connectivity index (χ2v) is 8.08. The van der Waals surface area contributed by atoms with Crippen LogP contribution in [0.25, 0.3) is 0 Å². The Morgan fingerprint density at radius 3 is 2.71 bits per heavy atom. The van der Waals surface area contributed by atoms with Crippen LogP contribution in [-0.4, -0.2) is 18.4 Å². The van der Waals surface area contributed by atoms with Gasteiger partial charge in [-0.3, -0.25) is 9.59 Å². The van der Waals surface area contributed by atoms with Gasteiger partial charge in [-0.25, -0.2) is 0 Å². The highest BCUT2D eigenvalue weighted by atomic mass is 35.5. The van der Waals surface area contributed by atoms with E-state index in [9.17, 15) is 9.59 Å². The van der Waals surface area contributed by atoms with E-state index >= 15 is 0 Å². The molecule has 0 bridgehead atoms. The van der Waals surface area contributed by atoms with Gasteiger partial charge in [-0.15, -0.1) is 0 Å². The molecule has 3 aromatic carbocycles. The second kappa shape index (κ2) is 9.23. The van der Waals surface area contributed by atoms with Gasteiger partial charge >= 0.3 is 0 Å². The largest absolute Gasteiger partial charge is 0.492 e. The van der Waals surface area contributed by atoms with E-state index in [2.05, 4.69) is 10.6 Å². The average Bonchev–Trinajstić information content (AvgIpc) is 2.78. The molecule has 0 unspecified atom stereocenters. The van der Waals surface area contributed by atoms with Crippen molar-refractivity contribution in [2.75, 3.05) is 11.9 Å². The predicted molar refractivity (Wildman–Crippen MR) is 122 cm³/mol. The molecule has 0 spiro atoms. The van der Waals surface area contributed by atoms with Crippen LogP contribution in [0.5, 0.6) is 5.75 Å². The molecule has 2 N–H and O–H groups in total. The third kappa shape index (κ3) is 5.06. The van der Waals surface area contributed by atoms with Gasteiger partial charge in [0.25, 0.3) is 5.91 Å². The Morgan fingerprint density at radius 1 is 1.06 bits per heavy atom. The summed E-state index contributed by atoms with van der Waals surface area (Å²) in [7, 11) is 0. The summed E-state index contributed by atoms with van der Waals surface area (Å²) in [5, 5.41) is 6.40. The van der Waals surface area contributed by atoms with E-state index in [0.29, 0.717) is 35.8 Å². The minimum Gasteiger partial charge on any atom is -0.492 e. The fourth-order valence-corrected chi connectivity index (χ4v) is 3.80. The smallest absolute Gasteiger partial charge is 0.255 e. The van der Waals surface area contributed by atoms with Gasteiger partial charge in [-0.2, -0.15) is 0 Å². The van der Waals surface area contributed by atoms with E-state index < -0.39 is 0 Å². The van der Waals surface area contributed by atoms with E-state index in [1.807, 2.05) is 43.3 Å². The van der Waals surface area contributed by atoms with Gasteiger partial charge in [-0.05, 0) is 66.4 Å². The first-order valence-electron chi connectivity index (χ1n) is 10.1. The summed E-state index contributed by atoms with van der Waals surface area (Å²) in [4.78, 5) is 25.2. The maximum Gasteiger partial charge on any atom is 0.255 e. The zero-order chi connectivity index (χ0) is 21.8. The van der Waals surface area contributed by atoms with Crippen LogP contribution in [0.2, 0.25) is 5.02 Å². The SMILES string of the molecule is Cc1ccccc1CNC(=O)[C@@H]1COc2ccc(NC(=O)c3cccc(Cl)c3)cc2C1. The van der Waals surface area contributed by atoms with E-state index in [4.69, 9.17) is 16.3 Å². The van der Waals surface area contributed by atoms with Crippen molar-refractivity contribution in [3.8, 4) is 5.75 Å². The van der Waals surface area contributed by atoms with Gasteiger partial charge in [0.15, 0.2) is 0 Å². The lowest BCUT2D eigenvalue weighted by Gasteiger charge is -2.25. The van der Waals surface area contributed by atoms with E-state index in [0.717, 1.165) is 22.4 Å². The molecule has 0 saturated carbocycles. The number of benzene rings is 3. The summed E-state index contributed by atoms with van der Waals surface area (Å²) >= 11 is 5.97. The van der Waals surface area contributed by atoms with E-state index in [1.165, 1.54) is 0 Å². The molecule has 0 radical (unpaired) electrons. The first kappa shape index (κ1) is 20.9. The van der Waals surface area contributed by atoms with Crippen molar-refractivity contribution in [3.63, 3.8) is 0 Å². The van der Waals surface area contributed by atoms with Crippen LogP contribution >= 0.6 is 11.6 Å². The zero-order valence-corrected chi connectivity index (χ0v) is 17.9. The van der Waals surface area contributed by atoms with Gasteiger partial charge in [0.05, 0.1) is 5.92 Å². The molecule has 1 aliphatic rings. The van der Waals surface area contributed by atoms with Crippen LogP contribution in [-0.2, 0) is 17.8 Å². The van der Waals surface area contributed by atoms with Crippen LogP contribution in [0.4, 0.5) is 5.69 Å². The number of amides is 2. The van der Waals surface area contributed by atoms with E-state index in [-0.39, 0.29) is 17.7 Å². The fourth-order valence-electron chi connectivity index (χ4n) is 3.61. The number of halogens is 1. The number of nitrogens with one attached hydrogen (secondary N) is 2. The molecule has 31 heavy (non-hydrogen) atoms. The Kier molecular flexibility index (Phi) is 6.23. The van der Waals surface area contributed by atoms with Gasteiger partial charge in [0.1, 0.15) is 12.4 Å². The Morgan fingerprint density at radius 2 is 1.90 bits per heavy atom. The minimum absolute atomic E-state index is 0.0396. The van der Waals surface area contributed by atoms with Gasteiger partial charge in [0.2, 0.25) is 5.91 Å². The highest BCUT2D eigenvalue weighted by Crippen LogP contribution is 2.30. The number of hydrogen-bond acceptors (Lipinski definition) is 3. The molecule has 0 fully saturated rings. The van der Waals surface area contributed by atoms with Crippen molar-refractivity contribution in [2.45, 2.75) is 19.9 Å². The van der Waals surface area contributed by atoms with Crippen molar-refractivity contribution in [1.82, 2.24) is 5.32 Å². The molecule has 5 nitrogen and oxygen atoms in total. The van der Waals surface area contributed by atoms with Crippen molar-refractivity contribution >= 4 is 29.1 Å². The lowest BCUT2D eigenvalue weighted by atomic mass is 9.95. The molecule has 4 rings (SSSR count). The van der Waals surface area contributed by atoms with Crippen LogP contribution in [0.1, 0.15) is 27.0 Å². The van der Waals surface area contributed by atoms with Crippen LogP contribution < -0.4 is 15.4 Å². The standard InChI is InChI=1S/C25H23ClN2O3/c1-16-5-2-3-6-18(16)14-27-24(29)20-11-19-13-22(9-10-23(19)31-15-20)28-25(30)17-7-4-8-21(26)12-17/h2-10,12-13,20H,11,14-15H2,1H3,(H,27,29)(H,28,30)/t20-/m0/s1. The molecule has 0 aliphatic carbocycles. The molecule has 3 aromatic rings. The zero-order valence-electron chi connectivity index (χ0n) is 17.2. The number of aryl methyl sites for hydroxylation is 1. The molecular formula is C25H23ClN2O3. The number of carbonyl (C=O) groups is 2. The summed E-state index contributed by atoms with van der Waals surface area (Å²) in [5.41, 5.74) is 4.27. The van der Waals surface area contributed by atoms with Crippen molar-refractivity contribution in [3.05, 3.63) is 94.0 Å². The molecule has 158 valence electrons. The monoisotopic (exact) mass is 434 g/mol. The minimum atomic E-state index is -0.282. The molecule has 1 atom stereocenters. The number of anilines is 1. The van der Waals surface area contributed by atoms with Crippen LogP contribution in [0.15, 0.2) is 66.7 Å². The normalized spacial score (nSPS) is 14.8. The Hall–Kier alpha value is -3.31. The third-order valence-electron chi connectivity index (χ3n) is 5.40. The second-order valence-electron chi connectivity index (χ2n) is 7.64. The van der Waals surface area contributed by atoms with Crippen LogP contribution in [0.3, 0.4) is 0 Å². The topological polar surface area (TPSA) is 67.4 Å². The first-order valence-corrected chi connectivity index (χ1v) is 10.5. The summed E-state index contributed by atoms with van der Waals surface area (Å²) in [6.45, 7) is 2.85.